The summed E-state index contributed by atoms with van der Waals surface area (Å²) in [6, 6.07) is 1.79. The van der Waals surface area contributed by atoms with E-state index in [-0.39, 0.29) is 10.8 Å². The summed E-state index contributed by atoms with van der Waals surface area (Å²) in [5.41, 5.74) is 3.51. The maximum absolute atomic E-state index is 11.5. The van der Waals surface area contributed by atoms with E-state index in [9.17, 15) is 9.90 Å². The highest BCUT2D eigenvalue weighted by Crippen LogP contribution is 2.24. The number of allylic oxidation sites excluding steroid dienone is 3. The molecule has 0 aliphatic carbocycles. The Labute approximate surface area is 149 Å². The van der Waals surface area contributed by atoms with E-state index in [1.165, 1.54) is 11.0 Å². The van der Waals surface area contributed by atoms with Gasteiger partial charge in [-0.05, 0) is 39.3 Å². The molecule has 0 spiro atoms. The van der Waals surface area contributed by atoms with Gasteiger partial charge in [0, 0.05) is 25.0 Å². The van der Waals surface area contributed by atoms with Crippen LogP contribution >= 0.6 is 11.6 Å². The molecule has 0 aliphatic rings. The number of hydrogen-bond donors (Lipinski definition) is 1. The third kappa shape index (κ3) is 5.81. The second-order valence-electron chi connectivity index (χ2n) is 4.84. The highest BCUT2D eigenvalue weighted by Gasteiger charge is 2.13. The highest BCUT2D eigenvalue weighted by molar-refractivity contribution is 6.29. The van der Waals surface area contributed by atoms with Crippen LogP contribution < -0.4 is 4.90 Å². The summed E-state index contributed by atoms with van der Waals surface area (Å²) in [5.74, 6) is -0.0794. The molecule has 0 unspecified atom stereocenters. The second-order valence-corrected chi connectivity index (χ2v) is 5.41. The number of halogens is 1. The summed E-state index contributed by atoms with van der Waals surface area (Å²) in [6.07, 6.45) is 3.82. The van der Waals surface area contributed by atoms with Gasteiger partial charge in [-0.2, -0.15) is 0 Å². The molecule has 6 heteroatoms. The summed E-state index contributed by atoms with van der Waals surface area (Å²) < 4.78 is 0. The first-order valence-corrected chi connectivity index (χ1v) is 8.08. The number of rotatable bonds is 5. The number of aliphatic imine (C=N–C) groups is 1. The number of aryl methyl sites for hydroxylation is 1. The average molecular weight is 352 g/mol. The molecule has 1 aromatic rings. The number of aliphatic hydroxyl groups excluding tert-OH is 1. The van der Waals surface area contributed by atoms with Gasteiger partial charge in [-0.15, -0.1) is 0 Å². The summed E-state index contributed by atoms with van der Waals surface area (Å²) in [6.45, 7) is 11.0. The van der Waals surface area contributed by atoms with Crippen LogP contribution in [0.3, 0.4) is 0 Å². The number of aromatic nitrogens is 1. The topological polar surface area (TPSA) is 65.8 Å². The molecule has 0 saturated heterocycles. The number of aliphatic hydroxyl groups is 1. The molecule has 1 heterocycles. The first-order valence-electron chi connectivity index (χ1n) is 7.70. The van der Waals surface area contributed by atoms with Gasteiger partial charge in [-0.25, -0.2) is 0 Å². The Morgan fingerprint density at radius 1 is 1.33 bits per heavy atom. The smallest absolute Gasteiger partial charge is 0.218 e. The SMILES string of the molecule is CC.CN=C(C)c1cc(N(C=O)/C(C)=C\C(O)=C(/C)Cl)c(C)cn1. The van der Waals surface area contributed by atoms with Crippen LogP contribution in [0.5, 0.6) is 0 Å². The van der Waals surface area contributed by atoms with Gasteiger partial charge in [0.1, 0.15) is 5.76 Å². The standard InChI is InChI=1S/C16H20ClN3O2.C2H6/c1-10-8-19-14(13(4)18-5)7-15(10)20(9-21)11(2)6-16(22)12(3)17;1-2/h6-9,22H,1-5H3;1-2H3/b11-6-,16-12-,18-13?;. The molecule has 1 N–H and O–H groups in total. The van der Waals surface area contributed by atoms with Crippen molar-refractivity contribution in [3.63, 3.8) is 0 Å². The van der Waals surface area contributed by atoms with Crippen molar-refractivity contribution in [2.45, 2.75) is 41.5 Å². The van der Waals surface area contributed by atoms with Crippen molar-refractivity contribution in [1.82, 2.24) is 4.98 Å². The van der Waals surface area contributed by atoms with Gasteiger partial charge in [0.2, 0.25) is 6.41 Å². The van der Waals surface area contributed by atoms with E-state index in [1.54, 1.807) is 33.2 Å². The Morgan fingerprint density at radius 3 is 2.38 bits per heavy atom. The quantitative estimate of drug-likeness (QED) is 0.360. The van der Waals surface area contributed by atoms with E-state index < -0.39 is 0 Å². The Hall–Kier alpha value is -2.14. The predicted molar refractivity (Wildman–Crippen MR) is 102 cm³/mol. The molecule has 5 nitrogen and oxygen atoms in total. The highest BCUT2D eigenvalue weighted by atomic mass is 35.5. The molecule has 0 aliphatic heterocycles. The van der Waals surface area contributed by atoms with Gasteiger partial charge in [-0.3, -0.25) is 19.7 Å². The Balaban J connectivity index is 0.00000254. The van der Waals surface area contributed by atoms with Crippen LogP contribution in [0, 0.1) is 6.92 Å². The molecule has 1 aromatic heterocycles. The Morgan fingerprint density at radius 2 is 1.92 bits per heavy atom. The predicted octanol–water partition coefficient (Wildman–Crippen LogP) is 4.75. The molecule has 0 radical (unpaired) electrons. The number of hydrogen-bond acceptors (Lipinski definition) is 4. The molecular formula is C18H26ClN3O2. The molecule has 1 rings (SSSR count). The van der Waals surface area contributed by atoms with Crippen molar-refractivity contribution in [2.75, 3.05) is 11.9 Å². The van der Waals surface area contributed by atoms with Crippen molar-refractivity contribution in [3.8, 4) is 0 Å². The zero-order valence-corrected chi connectivity index (χ0v) is 16.1. The van der Waals surface area contributed by atoms with Gasteiger partial charge < -0.3 is 5.11 Å². The third-order valence-electron chi connectivity index (χ3n) is 3.22. The lowest BCUT2D eigenvalue weighted by Crippen LogP contribution is -2.20. The summed E-state index contributed by atoms with van der Waals surface area (Å²) in [5, 5.41) is 9.99. The zero-order chi connectivity index (χ0) is 18.9. The van der Waals surface area contributed by atoms with Crippen LogP contribution in [0.15, 0.2) is 39.8 Å². The molecule has 0 aromatic carbocycles. The van der Waals surface area contributed by atoms with Gasteiger partial charge in [0.05, 0.1) is 22.1 Å². The molecule has 0 bridgehead atoms. The number of nitrogens with zero attached hydrogens (tertiary/aromatic N) is 3. The van der Waals surface area contributed by atoms with E-state index >= 15 is 0 Å². The molecular weight excluding hydrogens is 326 g/mol. The fourth-order valence-corrected chi connectivity index (χ4v) is 1.84. The van der Waals surface area contributed by atoms with Gasteiger partial charge in [0.25, 0.3) is 0 Å². The molecule has 132 valence electrons. The third-order valence-corrected chi connectivity index (χ3v) is 3.42. The Kier molecular flexibility index (Phi) is 9.65. The number of carbonyl (C=O) groups is 1. The minimum Gasteiger partial charge on any atom is -0.507 e. The summed E-state index contributed by atoms with van der Waals surface area (Å²) in [7, 11) is 1.69. The van der Waals surface area contributed by atoms with E-state index in [4.69, 9.17) is 11.6 Å². The monoisotopic (exact) mass is 351 g/mol. The van der Waals surface area contributed by atoms with Gasteiger partial charge >= 0.3 is 0 Å². The Bertz CT molecular complexity index is 660. The lowest BCUT2D eigenvalue weighted by Gasteiger charge is -2.21. The summed E-state index contributed by atoms with van der Waals surface area (Å²) in [4.78, 5) is 21.3. The minimum absolute atomic E-state index is 0.0794. The average Bonchev–Trinajstić information content (AvgIpc) is 2.58. The minimum atomic E-state index is -0.0794. The van der Waals surface area contributed by atoms with Gasteiger partial charge in [-0.1, -0.05) is 25.4 Å². The van der Waals surface area contributed by atoms with E-state index in [2.05, 4.69) is 9.98 Å². The lowest BCUT2D eigenvalue weighted by molar-refractivity contribution is -0.107. The van der Waals surface area contributed by atoms with E-state index in [1.807, 2.05) is 27.7 Å². The van der Waals surface area contributed by atoms with Crippen LogP contribution in [0.25, 0.3) is 0 Å². The molecule has 24 heavy (non-hydrogen) atoms. The largest absolute Gasteiger partial charge is 0.507 e. The van der Waals surface area contributed by atoms with Crippen LogP contribution in [-0.4, -0.2) is 29.3 Å². The maximum atomic E-state index is 11.5. The van der Waals surface area contributed by atoms with Crippen LogP contribution in [0.2, 0.25) is 0 Å². The fraction of sp³-hybridized carbons (Fsp3) is 0.389. The normalized spacial score (nSPS) is 12.8. The first kappa shape index (κ1) is 21.9. The molecule has 0 atom stereocenters. The summed E-state index contributed by atoms with van der Waals surface area (Å²) >= 11 is 5.74. The van der Waals surface area contributed by atoms with Crippen molar-refractivity contribution in [3.05, 3.63) is 46.1 Å². The number of amides is 1. The molecule has 0 fully saturated rings. The van der Waals surface area contributed by atoms with Crippen LogP contribution in [-0.2, 0) is 4.79 Å². The lowest BCUT2D eigenvalue weighted by atomic mass is 10.1. The van der Waals surface area contributed by atoms with Gasteiger partial charge in [0.15, 0.2) is 0 Å². The van der Waals surface area contributed by atoms with Crippen molar-refractivity contribution >= 4 is 29.4 Å². The zero-order valence-electron chi connectivity index (χ0n) is 15.4. The van der Waals surface area contributed by atoms with Crippen molar-refractivity contribution < 1.29 is 9.90 Å². The number of pyridine rings is 1. The molecule has 0 saturated carbocycles. The number of anilines is 1. The number of carbonyl (C=O) groups excluding carboxylic acids is 1. The first-order chi connectivity index (χ1) is 11.3. The van der Waals surface area contributed by atoms with Crippen LogP contribution in [0.4, 0.5) is 5.69 Å². The van der Waals surface area contributed by atoms with Crippen molar-refractivity contribution in [1.29, 1.82) is 0 Å². The molecule has 1 amide bonds. The van der Waals surface area contributed by atoms with E-state index in [0.29, 0.717) is 23.5 Å². The maximum Gasteiger partial charge on any atom is 0.218 e. The van der Waals surface area contributed by atoms with Crippen LogP contribution in [0.1, 0.15) is 45.9 Å². The fourth-order valence-electron chi connectivity index (χ4n) is 1.78. The van der Waals surface area contributed by atoms with Crippen molar-refractivity contribution in [2.24, 2.45) is 4.99 Å². The second kappa shape index (κ2) is 10.6. The van der Waals surface area contributed by atoms with E-state index in [0.717, 1.165) is 11.3 Å².